The molecule has 2 aliphatic heterocycles. The Balaban J connectivity index is 1.22. The molecule has 4 rings (SSSR count). The minimum Gasteiger partial charge on any atom is -0.497 e. The third kappa shape index (κ3) is 4.59. The molecule has 3 fully saturated rings. The number of carbonyl (C=O) groups is 1. The van der Waals surface area contributed by atoms with Crippen molar-refractivity contribution in [3.8, 4) is 5.75 Å². The predicted molar refractivity (Wildman–Crippen MR) is 106 cm³/mol. The van der Waals surface area contributed by atoms with E-state index in [0.29, 0.717) is 31.1 Å². The zero-order valence-corrected chi connectivity index (χ0v) is 16.4. The number of β-amino-alcohol motifs (C(OH)–C–C–N with tert-alkyl or cyclic N) is 1. The molecule has 3 unspecified atom stereocenters. The molecular weight excluding hydrogens is 358 g/mol. The molecule has 1 aliphatic carbocycles. The van der Waals surface area contributed by atoms with E-state index in [1.165, 1.54) is 25.7 Å². The van der Waals surface area contributed by atoms with Crippen LogP contribution in [0.3, 0.4) is 0 Å². The number of rotatable bonds is 7. The minimum absolute atomic E-state index is 0.111. The fraction of sp³-hybridized carbons (Fsp3) is 0.667. The van der Waals surface area contributed by atoms with E-state index in [2.05, 4.69) is 16.0 Å². The second-order valence-corrected chi connectivity index (χ2v) is 8.38. The Labute approximate surface area is 166 Å². The standard InChI is InChI=1S/C21H31N3O4/c1-27-16-4-2-14(3-5-16)12-17-19(18(25)13-23-17)28-20(26)22-11-7-15-6-8-21(24-15)9-10-21/h2-5,15,17-19,23-25H,6-13H2,1H3,(H,22,26)/t15-,17?,18?,19?/m1/s1. The molecular formula is C21H31N3O4. The van der Waals surface area contributed by atoms with Crippen molar-refractivity contribution in [1.29, 1.82) is 0 Å². The predicted octanol–water partition coefficient (Wildman–Crippen LogP) is 1.34. The lowest BCUT2D eigenvalue weighted by Crippen LogP contribution is -2.42. The topological polar surface area (TPSA) is 91.8 Å². The van der Waals surface area contributed by atoms with Crippen LogP contribution in [0.25, 0.3) is 0 Å². The normalized spacial score (nSPS) is 30.4. The van der Waals surface area contributed by atoms with Crippen LogP contribution in [-0.4, -0.2) is 61.2 Å². The Morgan fingerprint density at radius 1 is 1.29 bits per heavy atom. The van der Waals surface area contributed by atoms with E-state index in [1.807, 2.05) is 24.3 Å². The zero-order chi connectivity index (χ0) is 19.6. The van der Waals surface area contributed by atoms with E-state index >= 15 is 0 Å². The van der Waals surface area contributed by atoms with Crippen molar-refractivity contribution < 1.29 is 19.4 Å². The summed E-state index contributed by atoms with van der Waals surface area (Å²) in [5.41, 5.74) is 1.53. The van der Waals surface area contributed by atoms with Crippen LogP contribution in [0.4, 0.5) is 4.79 Å². The van der Waals surface area contributed by atoms with Gasteiger partial charge >= 0.3 is 6.09 Å². The van der Waals surface area contributed by atoms with Gasteiger partial charge in [0.2, 0.25) is 0 Å². The zero-order valence-electron chi connectivity index (χ0n) is 16.4. The molecule has 1 aromatic rings. The number of aliphatic hydroxyl groups is 1. The van der Waals surface area contributed by atoms with E-state index in [-0.39, 0.29) is 6.04 Å². The Morgan fingerprint density at radius 3 is 2.75 bits per heavy atom. The quantitative estimate of drug-likeness (QED) is 0.563. The van der Waals surface area contributed by atoms with Gasteiger partial charge in [0.15, 0.2) is 0 Å². The number of carbonyl (C=O) groups excluding carboxylic acids is 1. The fourth-order valence-corrected chi connectivity index (χ4v) is 4.44. The van der Waals surface area contributed by atoms with Gasteiger partial charge in [-0.15, -0.1) is 0 Å². The summed E-state index contributed by atoms with van der Waals surface area (Å²) in [4.78, 5) is 12.2. The van der Waals surface area contributed by atoms with Gasteiger partial charge in [0.1, 0.15) is 18.0 Å². The lowest BCUT2D eigenvalue weighted by atomic mass is 10.0. The third-order valence-corrected chi connectivity index (χ3v) is 6.32. The van der Waals surface area contributed by atoms with Gasteiger partial charge < -0.3 is 30.5 Å². The first kappa shape index (κ1) is 19.5. The SMILES string of the molecule is COc1ccc(CC2NCC(O)C2OC(=O)NCC[C@H]2CCC3(CC3)N2)cc1. The molecule has 1 spiro atoms. The van der Waals surface area contributed by atoms with E-state index in [4.69, 9.17) is 9.47 Å². The Bertz CT molecular complexity index is 677. The summed E-state index contributed by atoms with van der Waals surface area (Å²) in [6.45, 7) is 1.01. The fourth-order valence-electron chi connectivity index (χ4n) is 4.44. The summed E-state index contributed by atoms with van der Waals surface area (Å²) in [6, 6.07) is 8.18. The van der Waals surface area contributed by atoms with Crippen molar-refractivity contribution in [2.45, 2.75) is 68.4 Å². The van der Waals surface area contributed by atoms with Crippen LogP contribution in [0.5, 0.6) is 5.75 Å². The highest BCUT2D eigenvalue weighted by Gasteiger charge is 2.47. The van der Waals surface area contributed by atoms with Gasteiger partial charge in [-0.2, -0.15) is 0 Å². The molecule has 1 saturated carbocycles. The Kier molecular flexibility index (Phi) is 5.75. The van der Waals surface area contributed by atoms with Gasteiger partial charge in [-0.05, 0) is 56.2 Å². The second kappa shape index (κ2) is 8.27. The number of methoxy groups -OCH3 is 1. The first-order valence-electron chi connectivity index (χ1n) is 10.3. The molecule has 7 nitrogen and oxygen atoms in total. The summed E-state index contributed by atoms with van der Waals surface area (Å²) in [5, 5.41) is 20.0. The number of benzene rings is 1. The smallest absolute Gasteiger partial charge is 0.407 e. The van der Waals surface area contributed by atoms with Crippen molar-refractivity contribution >= 4 is 6.09 Å². The molecule has 1 amide bonds. The molecule has 154 valence electrons. The molecule has 3 aliphatic rings. The van der Waals surface area contributed by atoms with Gasteiger partial charge in [-0.3, -0.25) is 0 Å². The first-order valence-corrected chi connectivity index (χ1v) is 10.3. The average molecular weight is 389 g/mol. The van der Waals surface area contributed by atoms with E-state index in [9.17, 15) is 9.90 Å². The highest BCUT2D eigenvalue weighted by Crippen LogP contribution is 2.44. The summed E-state index contributed by atoms with van der Waals surface area (Å²) in [7, 11) is 1.64. The summed E-state index contributed by atoms with van der Waals surface area (Å²) >= 11 is 0. The maximum atomic E-state index is 12.2. The van der Waals surface area contributed by atoms with Crippen LogP contribution in [-0.2, 0) is 11.2 Å². The van der Waals surface area contributed by atoms with Crippen molar-refractivity contribution in [3.63, 3.8) is 0 Å². The van der Waals surface area contributed by atoms with Crippen LogP contribution in [0.1, 0.15) is 37.7 Å². The lowest BCUT2D eigenvalue weighted by molar-refractivity contribution is 0.0189. The highest BCUT2D eigenvalue weighted by atomic mass is 16.6. The van der Waals surface area contributed by atoms with E-state index < -0.39 is 18.3 Å². The van der Waals surface area contributed by atoms with Crippen LogP contribution in [0, 0.1) is 0 Å². The van der Waals surface area contributed by atoms with Crippen LogP contribution in [0.15, 0.2) is 24.3 Å². The molecule has 4 N–H and O–H groups in total. The molecule has 2 heterocycles. The third-order valence-electron chi connectivity index (χ3n) is 6.32. The van der Waals surface area contributed by atoms with E-state index in [1.54, 1.807) is 7.11 Å². The number of aliphatic hydroxyl groups excluding tert-OH is 1. The number of hydrogen-bond donors (Lipinski definition) is 4. The molecule has 1 aromatic carbocycles. The first-order chi connectivity index (χ1) is 13.6. The molecule has 28 heavy (non-hydrogen) atoms. The summed E-state index contributed by atoms with van der Waals surface area (Å²) < 4.78 is 10.7. The van der Waals surface area contributed by atoms with Crippen molar-refractivity contribution in [2.24, 2.45) is 0 Å². The number of nitrogens with one attached hydrogen (secondary N) is 3. The van der Waals surface area contributed by atoms with Crippen molar-refractivity contribution in [1.82, 2.24) is 16.0 Å². The second-order valence-electron chi connectivity index (χ2n) is 8.38. The van der Waals surface area contributed by atoms with Crippen molar-refractivity contribution in [3.05, 3.63) is 29.8 Å². The number of alkyl carbamates (subject to hydrolysis) is 1. The monoisotopic (exact) mass is 389 g/mol. The Morgan fingerprint density at radius 2 is 2.07 bits per heavy atom. The number of hydrogen-bond acceptors (Lipinski definition) is 6. The minimum atomic E-state index is -0.694. The van der Waals surface area contributed by atoms with Gasteiger partial charge in [-0.1, -0.05) is 12.1 Å². The van der Waals surface area contributed by atoms with Crippen LogP contribution >= 0.6 is 0 Å². The lowest BCUT2D eigenvalue weighted by Gasteiger charge is -2.22. The molecule has 0 aromatic heterocycles. The van der Waals surface area contributed by atoms with Crippen LogP contribution in [0.2, 0.25) is 0 Å². The maximum absolute atomic E-state index is 12.2. The van der Waals surface area contributed by atoms with Crippen molar-refractivity contribution in [2.75, 3.05) is 20.2 Å². The number of ether oxygens (including phenoxy) is 2. The van der Waals surface area contributed by atoms with Gasteiger partial charge in [0.25, 0.3) is 0 Å². The summed E-state index contributed by atoms with van der Waals surface area (Å²) in [5.74, 6) is 0.805. The molecule has 0 bridgehead atoms. The van der Waals surface area contributed by atoms with E-state index in [0.717, 1.165) is 17.7 Å². The Hall–Kier alpha value is -1.83. The van der Waals surface area contributed by atoms with Gasteiger partial charge in [-0.25, -0.2) is 4.79 Å². The van der Waals surface area contributed by atoms with Gasteiger partial charge in [0.05, 0.1) is 13.2 Å². The molecule has 4 atom stereocenters. The number of amides is 1. The maximum Gasteiger partial charge on any atom is 0.407 e. The average Bonchev–Trinajstić information content (AvgIpc) is 3.22. The molecule has 2 saturated heterocycles. The largest absolute Gasteiger partial charge is 0.497 e. The highest BCUT2D eigenvalue weighted by molar-refractivity contribution is 5.67. The van der Waals surface area contributed by atoms with Crippen LogP contribution < -0.4 is 20.7 Å². The van der Waals surface area contributed by atoms with Gasteiger partial charge in [0, 0.05) is 24.7 Å². The molecule has 0 radical (unpaired) electrons. The summed E-state index contributed by atoms with van der Waals surface area (Å²) in [6.07, 6.45) is 4.92. The molecule has 7 heteroatoms.